The molecule has 100 valence electrons. The highest BCUT2D eigenvalue weighted by molar-refractivity contribution is 5.36. The first kappa shape index (κ1) is 13.3. The SMILES string of the molecule is COCCOc1ccccc1C(N)C1CCCO1. The van der Waals surface area contributed by atoms with Gasteiger partial charge in [-0.05, 0) is 18.9 Å². The van der Waals surface area contributed by atoms with E-state index in [0.717, 1.165) is 30.8 Å². The van der Waals surface area contributed by atoms with E-state index in [-0.39, 0.29) is 12.1 Å². The van der Waals surface area contributed by atoms with E-state index in [1.165, 1.54) is 0 Å². The Morgan fingerprint density at radius 3 is 2.94 bits per heavy atom. The van der Waals surface area contributed by atoms with Crippen molar-refractivity contribution in [2.45, 2.75) is 25.0 Å². The topological polar surface area (TPSA) is 53.7 Å². The lowest BCUT2D eigenvalue weighted by Gasteiger charge is -2.21. The smallest absolute Gasteiger partial charge is 0.124 e. The molecule has 1 fully saturated rings. The molecule has 2 unspecified atom stereocenters. The second-order valence-corrected chi connectivity index (χ2v) is 4.46. The molecule has 2 rings (SSSR count). The molecule has 0 aromatic heterocycles. The maximum Gasteiger partial charge on any atom is 0.124 e. The van der Waals surface area contributed by atoms with E-state index >= 15 is 0 Å². The Kier molecular flexibility index (Phi) is 4.99. The molecule has 2 atom stereocenters. The highest BCUT2D eigenvalue weighted by Crippen LogP contribution is 2.30. The van der Waals surface area contributed by atoms with Gasteiger partial charge in [-0.1, -0.05) is 18.2 Å². The molecular formula is C14H21NO3. The average molecular weight is 251 g/mol. The van der Waals surface area contributed by atoms with Crippen molar-refractivity contribution in [2.24, 2.45) is 5.73 Å². The number of methoxy groups -OCH3 is 1. The van der Waals surface area contributed by atoms with Crippen LogP contribution >= 0.6 is 0 Å². The summed E-state index contributed by atoms with van der Waals surface area (Å²) in [6, 6.07) is 7.77. The van der Waals surface area contributed by atoms with Gasteiger partial charge in [0.15, 0.2) is 0 Å². The summed E-state index contributed by atoms with van der Waals surface area (Å²) in [6.45, 7) is 1.92. The fourth-order valence-corrected chi connectivity index (χ4v) is 2.21. The monoisotopic (exact) mass is 251 g/mol. The summed E-state index contributed by atoms with van der Waals surface area (Å²) in [5, 5.41) is 0. The zero-order valence-corrected chi connectivity index (χ0v) is 10.8. The molecule has 18 heavy (non-hydrogen) atoms. The first-order valence-electron chi connectivity index (χ1n) is 6.41. The quantitative estimate of drug-likeness (QED) is 0.784. The molecule has 1 heterocycles. The number of hydrogen-bond donors (Lipinski definition) is 1. The molecular weight excluding hydrogens is 230 g/mol. The molecule has 0 aliphatic carbocycles. The van der Waals surface area contributed by atoms with Crippen molar-refractivity contribution in [1.29, 1.82) is 0 Å². The van der Waals surface area contributed by atoms with E-state index in [1.54, 1.807) is 7.11 Å². The zero-order valence-electron chi connectivity index (χ0n) is 10.8. The minimum Gasteiger partial charge on any atom is -0.491 e. The van der Waals surface area contributed by atoms with Crippen LogP contribution in [0.1, 0.15) is 24.4 Å². The Labute approximate surface area is 108 Å². The van der Waals surface area contributed by atoms with Crippen LogP contribution in [0.15, 0.2) is 24.3 Å². The predicted octanol–water partition coefficient (Wildman–Crippen LogP) is 1.89. The molecule has 4 nitrogen and oxygen atoms in total. The van der Waals surface area contributed by atoms with Crippen LogP contribution in [0, 0.1) is 0 Å². The molecule has 1 saturated heterocycles. The molecule has 0 saturated carbocycles. The summed E-state index contributed by atoms with van der Waals surface area (Å²) in [5.41, 5.74) is 7.28. The number of benzene rings is 1. The summed E-state index contributed by atoms with van der Waals surface area (Å²) in [4.78, 5) is 0. The van der Waals surface area contributed by atoms with Crippen LogP contribution in [0.3, 0.4) is 0 Å². The van der Waals surface area contributed by atoms with E-state index in [2.05, 4.69) is 0 Å². The highest BCUT2D eigenvalue weighted by Gasteiger charge is 2.26. The van der Waals surface area contributed by atoms with Crippen molar-refractivity contribution in [1.82, 2.24) is 0 Å². The largest absolute Gasteiger partial charge is 0.491 e. The first-order valence-corrected chi connectivity index (χ1v) is 6.41. The molecule has 0 amide bonds. The van der Waals surface area contributed by atoms with E-state index in [0.29, 0.717) is 13.2 Å². The van der Waals surface area contributed by atoms with Crippen LogP contribution in [0.4, 0.5) is 0 Å². The third kappa shape index (κ3) is 3.22. The predicted molar refractivity (Wildman–Crippen MR) is 69.7 cm³/mol. The molecule has 0 radical (unpaired) electrons. The van der Waals surface area contributed by atoms with Crippen LogP contribution in [0.25, 0.3) is 0 Å². The molecule has 1 aromatic rings. The Morgan fingerprint density at radius 1 is 1.39 bits per heavy atom. The average Bonchev–Trinajstić information content (AvgIpc) is 2.93. The van der Waals surface area contributed by atoms with Gasteiger partial charge in [-0.25, -0.2) is 0 Å². The van der Waals surface area contributed by atoms with Gasteiger partial charge in [-0.3, -0.25) is 0 Å². The van der Waals surface area contributed by atoms with Crippen LogP contribution in [0.5, 0.6) is 5.75 Å². The van der Waals surface area contributed by atoms with E-state index in [9.17, 15) is 0 Å². The van der Waals surface area contributed by atoms with Gasteiger partial charge < -0.3 is 19.9 Å². The fraction of sp³-hybridized carbons (Fsp3) is 0.571. The zero-order chi connectivity index (χ0) is 12.8. The lowest BCUT2D eigenvalue weighted by Crippen LogP contribution is -2.26. The van der Waals surface area contributed by atoms with Crippen molar-refractivity contribution in [2.75, 3.05) is 26.9 Å². The summed E-state index contributed by atoms with van der Waals surface area (Å²) >= 11 is 0. The second kappa shape index (κ2) is 6.73. The normalized spacial score (nSPS) is 20.9. The van der Waals surface area contributed by atoms with Gasteiger partial charge in [0, 0.05) is 19.3 Å². The maximum absolute atomic E-state index is 6.27. The summed E-state index contributed by atoms with van der Waals surface area (Å²) in [7, 11) is 1.66. The molecule has 1 aliphatic rings. The van der Waals surface area contributed by atoms with Crippen molar-refractivity contribution >= 4 is 0 Å². The van der Waals surface area contributed by atoms with Crippen LogP contribution < -0.4 is 10.5 Å². The van der Waals surface area contributed by atoms with Crippen molar-refractivity contribution < 1.29 is 14.2 Å². The second-order valence-electron chi connectivity index (χ2n) is 4.46. The van der Waals surface area contributed by atoms with E-state index in [4.69, 9.17) is 19.9 Å². The van der Waals surface area contributed by atoms with Gasteiger partial charge in [0.25, 0.3) is 0 Å². The molecule has 2 N–H and O–H groups in total. The van der Waals surface area contributed by atoms with E-state index in [1.807, 2.05) is 24.3 Å². The Morgan fingerprint density at radius 2 is 2.22 bits per heavy atom. The summed E-state index contributed by atoms with van der Waals surface area (Å²) < 4.78 is 16.3. The highest BCUT2D eigenvalue weighted by atomic mass is 16.5. The van der Waals surface area contributed by atoms with Crippen molar-refractivity contribution in [3.63, 3.8) is 0 Å². The Hall–Kier alpha value is -1.10. The van der Waals surface area contributed by atoms with Crippen LogP contribution in [-0.2, 0) is 9.47 Å². The lowest BCUT2D eigenvalue weighted by atomic mass is 9.99. The molecule has 0 spiro atoms. The van der Waals surface area contributed by atoms with Gasteiger partial charge in [-0.2, -0.15) is 0 Å². The minimum absolute atomic E-state index is 0.108. The van der Waals surface area contributed by atoms with Crippen LogP contribution in [0.2, 0.25) is 0 Å². The summed E-state index contributed by atoms with van der Waals surface area (Å²) in [6.07, 6.45) is 2.22. The van der Waals surface area contributed by atoms with Gasteiger partial charge in [0.05, 0.1) is 18.8 Å². The third-order valence-electron chi connectivity index (χ3n) is 3.19. The summed E-state index contributed by atoms with van der Waals surface area (Å²) in [5.74, 6) is 0.831. The number of rotatable bonds is 6. The van der Waals surface area contributed by atoms with Gasteiger partial charge in [0.2, 0.25) is 0 Å². The van der Waals surface area contributed by atoms with Crippen LogP contribution in [-0.4, -0.2) is 33.0 Å². The minimum atomic E-state index is -0.119. The van der Waals surface area contributed by atoms with Crippen molar-refractivity contribution in [3.8, 4) is 5.75 Å². The lowest BCUT2D eigenvalue weighted by molar-refractivity contribution is 0.0883. The number of nitrogens with two attached hydrogens (primary N) is 1. The third-order valence-corrected chi connectivity index (χ3v) is 3.19. The molecule has 1 aromatic carbocycles. The number of hydrogen-bond acceptors (Lipinski definition) is 4. The van der Waals surface area contributed by atoms with E-state index < -0.39 is 0 Å². The first-order chi connectivity index (χ1) is 8.83. The Balaban J connectivity index is 2.05. The van der Waals surface area contributed by atoms with Gasteiger partial charge in [0.1, 0.15) is 12.4 Å². The molecule has 1 aliphatic heterocycles. The Bertz CT molecular complexity index is 364. The standard InChI is InChI=1S/C14H21NO3/c1-16-9-10-18-12-6-3-2-5-11(12)14(15)13-7-4-8-17-13/h2-3,5-6,13-14H,4,7-10,15H2,1H3. The maximum atomic E-state index is 6.27. The molecule has 0 bridgehead atoms. The van der Waals surface area contributed by atoms with Gasteiger partial charge in [-0.15, -0.1) is 0 Å². The van der Waals surface area contributed by atoms with Crippen molar-refractivity contribution in [3.05, 3.63) is 29.8 Å². The molecule has 4 heteroatoms. The number of ether oxygens (including phenoxy) is 3. The van der Waals surface area contributed by atoms with Gasteiger partial charge >= 0.3 is 0 Å². The fourth-order valence-electron chi connectivity index (χ4n) is 2.21. The number of para-hydroxylation sites is 1.